The number of anilines is 1. The Labute approximate surface area is 147 Å². The Hall–Kier alpha value is -2.91. The second-order valence-electron chi connectivity index (χ2n) is 6.57. The fourth-order valence-corrected chi connectivity index (χ4v) is 2.21. The Bertz CT molecular complexity index is 916. The minimum Gasteiger partial charge on any atom is -0.472 e. The van der Waals surface area contributed by atoms with Gasteiger partial charge in [0.15, 0.2) is 5.69 Å². The highest BCUT2D eigenvalue weighted by molar-refractivity contribution is 5.46. The van der Waals surface area contributed by atoms with Crippen LogP contribution in [-0.4, -0.2) is 30.2 Å². The molecule has 0 unspecified atom stereocenters. The maximum Gasteiger partial charge on any atom is 0.433 e. The van der Waals surface area contributed by atoms with E-state index < -0.39 is 17.5 Å². The Morgan fingerprint density at radius 2 is 1.92 bits per heavy atom. The van der Waals surface area contributed by atoms with E-state index in [-0.39, 0.29) is 18.1 Å². The summed E-state index contributed by atoms with van der Waals surface area (Å²) in [5.41, 5.74) is -0.650. The molecule has 3 heterocycles. The van der Waals surface area contributed by atoms with E-state index in [0.717, 1.165) is 18.0 Å². The topological polar surface area (TPSA) is 77.2 Å². The molecule has 0 fully saturated rings. The van der Waals surface area contributed by atoms with Gasteiger partial charge in [0, 0.05) is 24.9 Å². The summed E-state index contributed by atoms with van der Waals surface area (Å²) in [5.74, 6) is 0.442. The van der Waals surface area contributed by atoms with E-state index in [4.69, 9.17) is 4.74 Å². The number of ether oxygens (including phenoxy) is 1. The molecule has 0 atom stereocenters. The third-order valence-corrected chi connectivity index (χ3v) is 3.23. The Morgan fingerprint density at radius 3 is 2.62 bits per heavy atom. The minimum atomic E-state index is -4.57. The number of nitrogens with one attached hydrogen (secondary N) is 1. The van der Waals surface area contributed by atoms with E-state index in [2.05, 4.69) is 25.4 Å². The number of rotatable bonds is 4. The van der Waals surface area contributed by atoms with Crippen molar-refractivity contribution in [2.75, 3.05) is 5.32 Å². The molecular weight excluding hydrogens is 349 g/mol. The molecular formula is C16H17F3N6O. The van der Waals surface area contributed by atoms with Crippen molar-refractivity contribution in [2.45, 2.75) is 39.1 Å². The van der Waals surface area contributed by atoms with Crippen molar-refractivity contribution >= 4 is 11.6 Å². The van der Waals surface area contributed by atoms with Gasteiger partial charge in [-0.1, -0.05) is 0 Å². The number of aromatic nitrogens is 5. The average Bonchev–Trinajstić information content (AvgIpc) is 2.99. The van der Waals surface area contributed by atoms with Crippen LogP contribution in [0.3, 0.4) is 0 Å². The second kappa shape index (κ2) is 6.43. The van der Waals surface area contributed by atoms with E-state index in [1.54, 1.807) is 18.3 Å². The second-order valence-corrected chi connectivity index (χ2v) is 6.57. The van der Waals surface area contributed by atoms with Crippen molar-refractivity contribution in [1.82, 2.24) is 24.6 Å². The third-order valence-electron chi connectivity index (χ3n) is 3.23. The molecule has 3 aromatic rings. The smallest absolute Gasteiger partial charge is 0.433 e. The standard InChI is InChI=1S/C16H17F3N6O/c1-15(2,3)26-13-6-10(4-5-20-13)8-21-12-7-11(16(17,18)19)24-14-22-9-23-25(12)14/h4-7,9,21H,8H2,1-3H3. The number of nitrogens with zero attached hydrogens (tertiary/aromatic N) is 5. The highest BCUT2D eigenvalue weighted by atomic mass is 19.4. The highest BCUT2D eigenvalue weighted by Crippen LogP contribution is 2.29. The van der Waals surface area contributed by atoms with Crippen LogP contribution in [0.15, 0.2) is 30.7 Å². The first kappa shape index (κ1) is 17.9. The summed E-state index contributed by atoms with van der Waals surface area (Å²) in [6.45, 7) is 5.95. The predicted octanol–water partition coefficient (Wildman–Crippen LogP) is 3.33. The van der Waals surface area contributed by atoms with Crippen LogP contribution in [0.5, 0.6) is 5.88 Å². The van der Waals surface area contributed by atoms with E-state index in [1.165, 1.54) is 4.52 Å². The van der Waals surface area contributed by atoms with Gasteiger partial charge in [-0.2, -0.15) is 27.8 Å². The van der Waals surface area contributed by atoms with Crippen LogP contribution in [0.1, 0.15) is 32.0 Å². The summed E-state index contributed by atoms with van der Waals surface area (Å²) in [4.78, 5) is 11.3. The molecule has 0 aromatic carbocycles. The Balaban J connectivity index is 1.84. The van der Waals surface area contributed by atoms with Gasteiger partial charge in [-0.25, -0.2) is 9.97 Å². The molecule has 0 spiro atoms. The van der Waals surface area contributed by atoms with Crippen LogP contribution in [0.25, 0.3) is 5.78 Å². The molecule has 0 saturated carbocycles. The lowest BCUT2D eigenvalue weighted by molar-refractivity contribution is -0.141. The van der Waals surface area contributed by atoms with Crippen molar-refractivity contribution in [2.24, 2.45) is 0 Å². The number of pyridine rings is 1. The molecule has 0 amide bonds. The molecule has 0 saturated heterocycles. The normalized spacial score (nSPS) is 12.4. The van der Waals surface area contributed by atoms with Crippen LogP contribution < -0.4 is 10.1 Å². The SMILES string of the molecule is CC(C)(C)Oc1cc(CNc2cc(C(F)(F)F)nc3ncnn23)ccn1. The lowest BCUT2D eigenvalue weighted by Gasteiger charge is -2.20. The van der Waals surface area contributed by atoms with Gasteiger partial charge in [0.05, 0.1) is 0 Å². The molecule has 10 heteroatoms. The summed E-state index contributed by atoms with van der Waals surface area (Å²) in [7, 11) is 0. The van der Waals surface area contributed by atoms with Gasteiger partial charge in [-0.15, -0.1) is 0 Å². The fourth-order valence-electron chi connectivity index (χ4n) is 2.21. The van der Waals surface area contributed by atoms with Gasteiger partial charge in [0.25, 0.3) is 5.78 Å². The van der Waals surface area contributed by atoms with Crippen LogP contribution >= 0.6 is 0 Å². The molecule has 0 aliphatic heterocycles. The van der Waals surface area contributed by atoms with Gasteiger partial charge < -0.3 is 10.1 Å². The summed E-state index contributed by atoms with van der Waals surface area (Å²) in [6, 6.07) is 4.37. The number of hydrogen-bond acceptors (Lipinski definition) is 6. The van der Waals surface area contributed by atoms with Crippen molar-refractivity contribution in [3.63, 3.8) is 0 Å². The fraction of sp³-hybridized carbons (Fsp3) is 0.375. The summed E-state index contributed by atoms with van der Waals surface area (Å²) in [5, 5.41) is 6.83. The first-order valence-corrected chi connectivity index (χ1v) is 7.78. The monoisotopic (exact) mass is 366 g/mol. The van der Waals surface area contributed by atoms with Crippen molar-refractivity contribution in [3.05, 3.63) is 42.0 Å². The maximum atomic E-state index is 13.0. The number of fused-ring (bicyclic) bond motifs is 1. The van der Waals surface area contributed by atoms with Crippen molar-refractivity contribution in [3.8, 4) is 5.88 Å². The van der Waals surface area contributed by atoms with Gasteiger partial charge in [0.2, 0.25) is 5.88 Å². The quantitative estimate of drug-likeness (QED) is 0.763. The lowest BCUT2D eigenvalue weighted by Crippen LogP contribution is -2.23. The lowest BCUT2D eigenvalue weighted by atomic mass is 10.2. The largest absolute Gasteiger partial charge is 0.472 e. The zero-order valence-electron chi connectivity index (χ0n) is 14.4. The van der Waals surface area contributed by atoms with E-state index in [1.807, 2.05) is 20.8 Å². The molecule has 1 N–H and O–H groups in total. The van der Waals surface area contributed by atoms with Crippen molar-refractivity contribution in [1.29, 1.82) is 0 Å². The van der Waals surface area contributed by atoms with Gasteiger partial charge in [0.1, 0.15) is 17.7 Å². The molecule has 7 nitrogen and oxygen atoms in total. The number of halogens is 3. The predicted molar refractivity (Wildman–Crippen MR) is 87.7 cm³/mol. The maximum absolute atomic E-state index is 13.0. The summed E-state index contributed by atoms with van der Waals surface area (Å²) in [6.07, 6.45) is -1.85. The van der Waals surface area contributed by atoms with E-state index >= 15 is 0 Å². The molecule has 26 heavy (non-hydrogen) atoms. The molecule has 0 radical (unpaired) electrons. The average molecular weight is 366 g/mol. The first-order chi connectivity index (χ1) is 12.1. The highest BCUT2D eigenvalue weighted by Gasteiger charge is 2.34. The zero-order valence-corrected chi connectivity index (χ0v) is 14.4. The molecule has 0 aliphatic carbocycles. The molecule has 0 bridgehead atoms. The van der Waals surface area contributed by atoms with Gasteiger partial charge >= 0.3 is 6.18 Å². The number of alkyl halides is 3. The Morgan fingerprint density at radius 1 is 1.15 bits per heavy atom. The van der Waals surface area contributed by atoms with Crippen LogP contribution in [0.2, 0.25) is 0 Å². The Kier molecular flexibility index (Phi) is 4.43. The molecule has 3 aromatic heterocycles. The zero-order chi connectivity index (χ0) is 18.9. The van der Waals surface area contributed by atoms with Gasteiger partial charge in [-0.05, 0) is 32.4 Å². The van der Waals surface area contributed by atoms with Crippen LogP contribution in [0.4, 0.5) is 19.0 Å². The minimum absolute atomic E-state index is 0.131. The molecule has 3 rings (SSSR count). The molecule has 138 valence electrons. The summed E-state index contributed by atoms with van der Waals surface area (Å²) >= 11 is 0. The summed E-state index contributed by atoms with van der Waals surface area (Å²) < 4.78 is 45.9. The van der Waals surface area contributed by atoms with Gasteiger partial charge in [-0.3, -0.25) is 0 Å². The molecule has 0 aliphatic rings. The van der Waals surface area contributed by atoms with Crippen LogP contribution in [0, 0.1) is 0 Å². The van der Waals surface area contributed by atoms with E-state index in [9.17, 15) is 13.2 Å². The van der Waals surface area contributed by atoms with E-state index in [0.29, 0.717) is 5.88 Å². The first-order valence-electron chi connectivity index (χ1n) is 7.78. The third kappa shape index (κ3) is 4.19. The van der Waals surface area contributed by atoms with Crippen molar-refractivity contribution < 1.29 is 17.9 Å². The number of hydrogen-bond donors (Lipinski definition) is 1. The van der Waals surface area contributed by atoms with Crippen LogP contribution in [-0.2, 0) is 12.7 Å².